The number of nitrogens with zero attached hydrogens (tertiary/aromatic N) is 2. The molecule has 4 rings (SSSR count). The number of aromatic nitrogens is 2. The molecule has 0 saturated carbocycles. The normalized spacial score (nSPS) is 11.0. The van der Waals surface area contributed by atoms with Gasteiger partial charge in [0.1, 0.15) is 5.75 Å². The summed E-state index contributed by atoms with van der Waals surface area (Å²) >= 11 is 0. The van der Waals surface area contributed by atoms with E-state index >= 15 is 0 Å². The van der Waals surface area contributed by atoms with Crippen LogP contribution in [0.25, 0.3) is 33.3 Å². The first-order valence-corrected chi connectivity index (χ1v) is 8.15. The second-order valence-electron chi connectivity index (χ2n) is 6.13. The van der Waals surface area contributed by atoms with Gasteiger partial charge in [0.25, 0.3) is 5.56 Å². The van der Waals surface area contributed by atoms with Crippen molar-refractivity contribution < 1.29 is 10.3 Å². The van der Waals surface area contributed by atoms with Crippen molar-refractivity contribution in [2.75, 3.05) is 0 Å². The van der Waals surface area contributed by atoms with Gasteiger partial charge in [-0.15, -0.1) is 4.73 Å². The summed E-state index contributed by atoms with van der Waals surface area (Å²) in [5, 5.41) is 20.6. The molecule has 0 saturated heterocycles. The van der Waals surface area contributed by atoms with Gasteiger partial charge in [-0.2, -0.15) is 0 Å². The van der Waals surface area contributed by atoms with E-state index in [4.69, 9.17) is 0 Å². The van der Waals surface area contributed by atoms with E-state index in [1.807, 2.05) is 54.6 Å². The van der Waals surface area contributed by atoms with Crippen LogP contribution in [0.4, 0.5) is 0 Å². The summed E-state index contributed by atoms with van der Waals surface area (Å²) in [5.41, 5.74) is 3.30. The topological polar surface area (TPSA) is 75.3 Å². The highest BCUT2D eigenvalue weighted by Crippen LogP contribution is 2.30. The number of rotatable bonds is 2. The Labute approximate surface area is 149 Å². The molecule has 26 heavy (non-hydrogen) atoms. The first kappa shape index (κ1) is 15.9. The number of hydrogen-bond acceptors (Lipinski definition) is 4. The average Bonchev–Trinajstić information content (AvgIpc) is 2.71. The zero-order valence-corrected chi connectivity index (χ0v) is 14.0. The standard InChI is InChI=1S/C21H16N2O3/c1-13-19(24)18-11-17(12-22-20(18)23(26)21(13)25)16-9-5-8-15(10-16)14-6-3-2-4-7-14/h2-12,24,26H,1H3. The molecule has 0 aliphatic heterocycles. The lowest BCUT2D eigenvalue weighted by Gasteiger charge is -2.10. The smallest absolute Gasteiger partial charge is 0.291 e. The average molecular weight is 344 g/mol. The summed E-state index contributed by atoms with van der Waals surface area (Å²) in [6.07, 6.45) is 1.58. The van der Waals surface area contributed by atoms with Gasteiger partial charge in [0.05, 0.1) is 10.9 Å². The van der Waals surface area contributed by atoms with E-state index in [2.05, 4.69) is 4.98 Å². The fraction of sp³-hybridized carbons (Fsp3) is 0.0476. The van der Waals surface area contributed by atoms with E-state index in [1.165, 1.54) is 6.92 Å². The number of hydrogen-bond donors (Lipinski definition) is 2. The van der Waals surface area contributed by atoms with Crippen molar-refractivity contribution in [3.63, 3.8) is 0 Å². The van der Waals surface area contributed by atoms with Crippen molar-refractivity contribution in [2.45, 2.75) is 6.92 Å². The Bertz CT molecular complexity index is 1180. The molecule has 0 atom stereocenters. The first-order chi connectivity index (χ1) is 12.6. The maximum Gasteiger partial charge on any atom is 0.291 e. The van der Waals surface area contributed by atoms with Crippen molar-refractivity contribution in [1.82, 2.24) is 9.71 Å². The van der Waals surface area contributed by atoms with Gasteiger partial charge in [-0.1, -0.05) is 48.5 Å². The third-order valence-electron chi connectivity index (χ3n) is 4.49. The van der Waals surface area contributed by atoms with Crippen LogP contribution in [0.3, 0.4) is 0 Å². The van der Waals surface area contributed by atoms with E-state index in [0.29, 0.717) is 10.1 Å². The maximum atomic E-state index is 11.9. The molecular formula is C21H16N2O3. The van der Waals surface area contributed by atoms with E-state index < -0.39 is 5.56 Å². The fourth-order valence-corrected chi connectivity index (χ4v) is 3.03. The Kier molecular flexibility index (Phi) is 3.69. The van der Waals surface area contributed by atoms with Crippen molar-refractivity contribution in [2.24, 2.45) is 0 Å². The first-order valence-electron chi connectivity index (χ1n) is 8.15. The summed E-state index contributed by atoms with van der Waals surface area (Å²) in [6.45, 7) is 1.46. The summed E-state index contributed by atoms with van der Waals surface area (Å²) in [7, 11) is 0. The molecule has 0 spiro atoms. The van der Waals surface area contributed by atoms with Crippen LogP contribution in [0.1, 0.15) is 5.56 Å². The van der Waals surface area contributed by atoms with Gasteiger partial charge in [0, 0.05) is 11.8 Å². The van der Waals surface area contributed by atoms with Crippen LogP contribution >= 0.6 is 0 Å². The second kappa shape index (κ2) is 6.04. The minimum atomic E-state index is -0.679. The van der Waals surface area contributed by atoms with Crippen molar-refractivity contribution in [1.29, 1.82) is 0 Å². The monoisotopic (exact) mass is 344 g/mol. The molecule has 0 fully saturated rings. The molecular weight excluding hydrogens is 328 g/mol. The van der Waals surface area contributed by atoms with Crippen molar-refractivity contribution in [3.05, 3.63) is 82.8 Å². The van der Waals surface area contributed by atoms with Crippen LogP contribution in [-0.2, 0) is 0 Å². The largest absolute Gasteiger partial charge is 0.507 e. The highest BCUT2D eigenvalue weighted by molar-refractivity contribution is 5.87. The highest BCUT2D eigenvalue weighted by Gasteiger charge is 2.15. The Morgan fingerprint density at radius 1 is 0.885 bits per heavy atom. The molecule has 5 nitrogen and oxygen atoms in total. The SMILES string of the molecule is Cc1c(O)c2cc(-c3cccc(-c4ccccc4)c3)cnc2n(O)c1=O. The van der Waals surface area contributed by atoms with E-state index in [1.54, 1.807) is 12.3 Å². The molecule has 2 N–H and O–H groups in total. The van der Waals surface area contributed by atoms with Gasteiger partial charge in [-0.05, 0) is 35.7 Å². The summed E-state index contributed by atoms with van der Waals surface area (Å²) in [4.78, 5) is 16.0. The zero-order valence-electron chi connectivity index (χ0n) is 14.0. The van der Waals surface area contributed by atoms with Gasteiger partial charge in [0.15, 0.2) is 5.65 Å². The Morgan fingerprint density at radius 3 is 2.27 bits per heavy atom. The van der Waals surface area contributed by atoms with Crippen LogP contribution in [-0.4, -0.2) is 20.0 Å². The summed E-state index contributed by atoms with van der Waals surface area (Å²) < 4.78 is 0.467. The maximum absolute atomic E-state index is 11.9. The second-order valence-corrected chi connectivity index (χ2v) is 6.13. The molecule has 0 amide bonds. The van der Waals surface area contributed by atoms with E-state index in [-0.39, 0.29) is 17.0 Å². The quantitative estimate of drug-likeness (QED) is 0.539. The lowest BCUT2D eigenvalue weighted by Crippen LogP contribution is -2.21. The number of fused-ring (bicyclic) bond motifs is 1. The third-order valence-corrected chi connectivity index (χ3v) is 4.49. The highest BCUT2D eigenvalue weighted by atomic mass is 16.5. The number of aromatic hydroxyl groups is 1. The van der Waals surface area contributed by atoms with Gasteiger partial charge in [-0.3, -0.25) is 4.79 Å². The molecule has 0 radical (unpaired) electrons. The summed E-state index contributed by atoms with van der Waals surface area (Å²) in [5.74, 6) is -0.163. The molecule has 2 aromatic carbocycles. The Morgan fingerprint density at radius 2 is 1.54 bits per heavy atom. The zero-order chi connectivity index (χ0) is 18.3. The molecule has 2 aromatic heterocycles. The molecule has 4 aromatic rings. The number of benzene rings is 2. The fourth-order valence-electron chi connectivity index (χ4n) is 3.03. The lowest BCUT2D eigenvalue weighted by molar-refractivity contribution is 0.185. The lowest BCUT2D eigenvalue weighted by atomic mass is 9.99. The summed E-state index contributed by atoms with van der Waals surface area (Å²) in [6, 6.07) is 19.7. The molecule has 0 bridgehead atoms. The van der Waals surface area contributed by atoms with E-state index in [0.717, 1.165) is 22.3 Å². The molecule has 2 heterocycles. The van der Waals surface area contributed by atoms with Crippen LogP contribution in [0.5, 0.6) is 5.75 Å². The molecule has 0 aliphatic rings. The third kappa shape index (κ3) is 2.50. The van der Waals surface area contributed by atoms with Crippen LogP contribution in [0.2, 0.25) is 0 Å². The predicted molar refractivity (Wildman–Crippen MR) is 100 cm³/mol. The Hall–Kier alpha value is -3.60. The van der Waals surface area contributed by atoms with Gasteiger partial charge >= 0.3 is 0 Å². The van der Waals surface area contributed by atoms with E-state index in [9.17, 15) is 15.1 Å². The molecule has 5 heteroatoms. The molecule has 0 unspecified atom stereocenters. The van der Waals surface area contributed by atoms with Crippen molar-refractivity contribution >= 4 is 11.0 Å². The number of pyridine rings is 2. The molecule has 128 valence electrons. The minimum Gasteiger partial charge on any atom is -0.507 e. The Balaban J connectivity index is 1.89. The van der Waals surface area contributed by atoms with Gasteiger partial charge < -0.3 is 10.3 Å². The van der Waals surface area contributed by atoms with Crippen LogP contribution < -0.4 is 5.56 Å². The predicted octanol–water partition coefficient (Wildman–Crippen LogP) is 3.98. The van der Waals surface area contributed by atoms with Crippen molar-refractivity contribution in [3.8, 4) is 28.0 Å². The van der Waals surface area contributed by atoms with Gasteiger partial charge in [0.2, 0.25) is 0 Å². The van der Waals surface area contributed by atoms with Gasteiger partial charge in [-0.25, -0.2) is 4.98 Å². The van der Waals surface area contributed by atoms with Crippen LogP contribution in [0.15, 0.2) is 71.7 Å². The minimum absolute atomic E-state index is 0.0288. The van der Waals surface area contributed by atoms with Crippen LogP contribution in [0, 0.1) is 6.92 Å². The molecule has 0 aliphatic carbocycles.